The smallest absolute Gasteiger partial charge is 0.305 e. The van der Waals surface area contributed by atoms with E-state index >= 15 is 0 Å². The molecule has 6 unspecified atom stereocenters. The van der Waals surface area contributed by atoms with E-state index in [1.54, 1.807) is 11.8 Å². The number of carbonyl (C=O) groups is 3. The number of benzene rings is 2. The SMILES string of the molecule is O=C(O)CCN1C(=O)C2C3CC(C2C1=O)C1C3Sc2[nH]c(=O)sc2[C@@H]1c1cccc(OCc2ccccc2)c1. The number of hydrogen-bond acceptors (Lipinski definition) is 7. The molecule has 3 aromatic rings. The zero-order chi connectivity index (χ0) is 26.8. The van der Waals surface area contributed by atoms with Gasteiger partial charge in [0, 0.05) is 22.6 Å². The summed E-state index contributed by atoms with van der Waals surface area (Å²) in [5, 5.41) is 10.1. The molecule has 2 aromatic carbocycles. The number of imide groups is 1. The van der Waals surface area contributed by atoms with E-state index in [9.17, 15) is 19.2 Å². The van der Waals surface area contributed by atoms with E-state index in [4.69, 9.17) is 9.84 Å². The van der Waals surface area contributed by atoms with Crippen LogP contribution in [0.15, 0.2) is 64.4 Å². The number of ether oxygens (including phenoxy) is 1. The fourth-order valence-electron chi connectivity index (χ4n) is 7.42. The molecule has 200 valence electrons. The molecule has 10 heteroatoms. The molecule has 3 fully saturated rings. The normalized spacial score (nSPS) is 30.3. The summed E-state index contributed by atoms with van der Waals surface area (Å²) in [6.45, 7) is 0.365. The van der Waals surface area contributed by atoms with Gasteiger partial charge in [-0.2, -0.15) is 0 Å². The zero-order valence-electron chi connectivity index (χ0n) is 20.8. The van der Waals surface area contributed by atoms with Crippen LogP contribution in [0.3, 0.4) is 0 Å². The second-order valence-electron chi connectivity index (χ2n) is 10.8. The second kappa shape index (κ2) is 9.38. The third-order valence-electron chi connectivity index (χ3n) is 8.83. The van der Waals surface area contributed by atoms with E-state index in [1.165, 1.54) is 16.2 Å². The van der Waals surface area contributed by atoms with E-state index in [0.29, 0.717) is 6.61 Å². The molecule has 0 radical (unpaired) electrons. The van der Waals surface area contributed by atoms with Crippen molar-refractivity contribution in [3.05, 3.63) is 80.3 Å². The minimum atomic E-state index is -1.03. The van der Waals surface area contributed by atoms with Crippen LogP contribution in [0.25, 0.3) is 0 Å². The lowest BCUT2D eigenvalue weighted by atomic mass is 9.68. The standard InChI is InChI=1S/C29H26N2O6S2/c32-19(33)9-10-31-27(34)22-17-12-18(23(22)28(31)35)24-21(17)20(25-26(38-24)30-29(36)39-25)15-7-4-8-16(11-15)37-13-14-5-2-1-3-6-14/h1-8,11,17-18,20-24H,9-10,12-13H2,(H,30,36)(H,32,33)/t17?,18?,20-,21?,22?,23?,24?/m1/s1. The number of hydrogen-bond donors (Lipinski definition) is 2. The Morgan fingerprint density at radius 2 is 1.79 bits per heavy atom. The Kier molecular flexibility index (Phi) is 5.93. The van der Waals surface area contributed by atoms with Gasteiger partial charge in [0.2, 0.25) is 11.8 Å². The van der Waals surface area contributed by atoms with Crippen molar-refractivity contribution >= 4 is 40.9 Å². The fraction of sp³-hybridized carbons (Fsp3) is 0.379. The minimum Gasteiger partial charge on any atom is -0.489 e. The summed E-state index contributed by atoms with van der Waals surface area (Å²) in [4.78, 5) is 55.5. The topological polar surface area (TPSA) is 117 Å². The largest absolute Gasteiger partial charge is 0.489 e. The summed E-state index contributed by atoms with van der Waals surface area (Å²) >= 11 is 2.86. The lowest BCUT2D eigenvalue weighted by molar-refractivity contribution is -0.142. The van der Waals surface area contributed by atoms with E-state index in [2.05, 4.69) is 11.1 Å². The van der Waals surface area contributed by atoms with Gasteiger partial charge in [0.1, 0.15) is 12.4 Å². The molecule has 1 aromatic heterocycles. The van der Waals surface area contributed by atoms with E-state index < -0.39 is 17.8 Å². The first-order valence-electron chi connectivity index (χ1n) is 13.1. The number of rotatable bonds is 7. The summed E-state index contributed by atoms with van der Waals surface area (Å²) in [6.07, 6.45) is 0.548. The van der Waals surface area contributed by atoms with Gasteiger partial charge in [-0.15, -0.1) is 11.8 Å². The van der Waals surface area contributed by atoms with Crippen LogP contribution in [0.2, 0.25) is 0 Å². The molecule has 4 aliphatic rings. The van der Waals surface area contributed by atoms with Crippen LogP contribution in [0.1, 0.15) is 34.8 Å². The average molecular weight is 563 g/mol. The third kappa shape index (κ3) is 3.95. The average Bonchev–Trinajstić information content (AvgIpc) is 3.66. The molecule has 0 spiro atoms. The van der Waals surface area contributed by atoms with Crippen LogP contribution in [0, 0.1) is 29.6 Å². The molecule has 39 heavy (non-hydrogen) atoms. The predicted molar refractivity (Wildman–Crippen MR) is 145 cm³/mol. The third-order valence-corrected chi connectivity index (χ3v) is 11.4. The molecule has 2 bridgehead atoms. The fourth-order valence-corrected chi connectivity index (χ4v) is 10.3. The number of aromatic nitrogens is 1. The Morgan fingerprint density at radius 1 is 1.03 bits per heavy atom. The van der Waals surface area contributed by atoms with Crippen molar-refractivity contribution in [3.63, 3.8) is 0 Å². The van der Waals surface area contributed by atoms with Gasteiger partial charge in [0.25, 0.3) is 0 Å². The number of aromatic amines is 1. The molecule has 2 aliphatic heterocycles. The van der Waals surface area contributed by atoms with Crippen molar-refractivity contribution in [2.45, 2.75) is 35.6 Å². The van der Waals surface area contributed by atoms with E-state index in [0.717, 1.165) is 33.2 Å². The number of carboxylic acid groups (broad SMARTS) is 1. The molecule has 2 N–H and O–H groups in total. The van der Waals surface area contributed by atoms with Crippen LogP contribution >= 0.6 is 23.1 Å². The number of nitrogens with zero attached hydrogens (tertiary/aromatic N) is 1. The summed E-state index contributed by atoms with van der Waals surface area (Å²) in [7, 11) is 0. The van der Waals surface area contributed by atoms with E-state index in [-0.39, 0.29) is 58.6 Å². The summed E-state index contributed by atoms with van der Waals surface area (Å²) < 4.78 is 6.13. The summed E-state index contributed by atoms with van der Waals surface area (Å²) in [5.41, 5.74) is 2.11. The van der Waals surface area contributed by atoms with Gasteiger partial charge in [-0.1, -0.05) is 53.8 Å². The maximum Gasteiger partial charge on any atom is 0.305 e. The highest BCUT2D eigenvalue weighted by Gasteiger charge is 2.69. The Bertz CT molecular complexity index is 1530. The van der Waals surface area contributed by atoms with Crippen LogP contribution in [-0.4, -0.2) is 44.6 Å². The van der Waals surface area contributed by atoms with Crippen LogP contribution in [0.5, 0.6) is 5.75 Å². The molecule has 1 saturated heterocycles. The van der Waals surface area contributed by atoms with Gasteiger partial charge in [0.15, 0.2) is 0 Å². The Labute approximate surface area is 232 Å². The number of carbonyl (C=O) groups excluding carboxylic acids is 2. The molecule has 2 amide bonds. The first kappa shape index (κ1) is 24.7. The molecule has 8 nitrogen and oxygen atoms in total. The zero-order valence-corrected chi connectivity index (χ0v) is 22.5. The molecule has 2 aliphatic carbocycles. The highest BCUT2D eigenvalue weighted by atomic mass is 32.2. The Morgan fingerprint density at radius 3 is 2.56 bits per heavy atom. The Balaban J connectivity index is 1.23. The lowest BCUT2D eigenvalue weighted by Crippen LogP contribution is -2.42. The maximum atomic E-state index is 13.5. The van der Waals surface area contributed by atoms with Crippen molar-refractivity contribution in [1.82, 2.24) is 9.88 Å². The number of carboxylic acids is 1. The van der Waals surface area contributed by atoms with E-state index in [1.807, 2.05) is 48.5 Å². The molecular formula is C29H26N2O6S2. The lowest BCUT2D eigenvalue weighted by Gasteiger charge is -2.43. The number of H-pyrrole nitrogens is 1. The molecule has 2 saturated carbocycles. The first-order chi connectivity index (χ1) is 18.9. The minimum absolute atomic E-state index is 0.00646. The van der Waals surface area contributed by atoms with Crippen molar-refractivity contribution in [3.8, 4) is 5.75 Å². The molecule has 3 heterocycles. The van der Waals surface area contributed by atoms with Gasteiger partial charge in [-0.05, 0) is 47.4 Å². The monoisotopic (exact) mass is 562 g/mol. The second-order valence-corrected chi connectivity index (χ2v) is 13.0. The number of amides is 2. The number of aliphatic carboxylic acids is 1. The first-order valence-corrected chi connectivity index (χ1v) is 14.8. The highest BCUT2D eigenvalue weighted by Crippen LogP contribution is 2.68. The van der Waals surface area contributed by atoms with Crippen molar-refractivity contribution in [2.75, 3.05) is 6.54 Å². The van der Waals surface area contributed by atoms with Gasteiger partial charge in [0.05, 0.1) is 23.3 Å². The number of thioether (sulfide) groups is 1. The maximum absolute atomic E-state index is 13.5. The molecular weight excluding hydrogens is 536 g/mol. The number of likely N-dealkylation sites (tertiary alicyclic amines) is 1. The quantitative estimate of drug-likeness (QED) is 0.419. The molecule has 7 atom stereocenters. The van der Waals surface area contributed by atoms with Gasteiger partial charge < -0.3 is 14.8 Å². The summed E-state index contributed by atoms with van der Waals surface area (Å²) in [6, 6.07) is 18.0. The van der Waals surface area contributed by atoms with Crippen molar-refractivity contribution in [1.29, 1.82) is 0 Å². The van der Waals surface area contributed by atoms with Crippen LogP contribution in [0.4, 0.5) is 0 Å². The highest BCUT2D eigenvalue weighted by molar-refractivity contribution is 8.00. The number of thiazole rings is 1. The van der Waals surface area contributed by atoms with Crippen molar-refractivity contribution < 1.29 is 24.2 Å². The van der Waals surface area contributed by atoms with Crippen LogP contribution in [-0.2, 0) is 21.0 Å². The van der Waals surface area contributed by atoms with Gasteiger partial charge >= 0.3 is 10.8 Å². The number of fused-ring (bicyclic) bond motifs is 9. The predicted octanol–water partition coefficient (Wildman–Crippen LogP) is 3.96. The van der Waals surface area contributed by atoms with Crippen molar-refractivity contribution in [2.24, 2.45) is 29.6 Å². The van der Waals surface area contributed by atoms with Gasteiger partial charge in [-0.25, -0.2) is 0 Å². The van der Waals surface area contributed by atoms with Crippen LogP contribution < -0.4 is 9.61 Å². The number of nitrogens with one attached hydrogen (secondary N) is 1. The Hall–Kier alpha value is -3.37. The summed E-state index contributed by atoms with van der Waals surface area (Å²) in [5.74, 6) is -1.57. The molecule has 7 rings (SSSR count). The van der Waals surface area contributed by atoms with Gasteiger partial charge in [-0.3, -0.25) is 24.1 Å².